The summed E-state index contributed by atoms with van der Waals surface area (Å²) < 4.78 is 5.05. The van der Waals surface area contributed by atoms with Crippen LogP contribution in [-0.4, -0.2) is 23.3 Å². The Morgan fingerprint density at radius 3 is 2.16 bits per heavy atom. The number of nitrogens with zero attached hydrogens (tertiary/aromatic N) is 1. The molecule has 0 fully saturated rings. The summed E-state index contributed by atoms with van der Waals surface area (Å²) in [5.41, 5.74) is 3.56. The van der Waals surface area contributed by atoms with Crippen LogP contribution in [0, 0.1) is 37.8 Å². The zero-order valence-electron chi connectivity index (χ0n) is 14.6. The highest BCUT2D eigenvalue weighted by molar-refractivity contribution is 6.01. The first-order valence-corrected chi connectivity index (χ1v) is 7.74. The lowest BCUT2D eigenvalue weighted by Gasteiger charge is -2.11. The molecular weight excluding hydrogens is 322 g/mol. The summed E-state index contributed by atoms with van der Waals surface area (Å²) in [6.07, 6.45) is 0. The van der Waals surface area contributed by atoms with Gasteiger partial charge in [0.15, 0.2) is 6.61 Å². The topological polar surface area (TPSA) is 86.5 Å². The summed E-state index contributed by atoms with van der Waals surface area (Å²) in [5.74, 6) is -1.07. The number of ketones is 1. The lowest BCUT2D eigenvalue weighted by atomic mass is 9.97. The highest BCUT2D eigenvalue weighted by Crippen LogP contribution is 2.20. The molecule has 0 aliphatic carbocycles. The quantitative estimate of drug-likeness (QED) is 0.357. The summed E-state index contributed by atoms with van der Waals surface area (Å²) in [5, 5.41) is 10.9. The van der Waals surface area contributed by atoms with E-state index in [0.717, 1.165) is 22.8 Å². The van der Waals surface area contributed by atoms with E-state index >= 15 is 0 Å². The van der Waals surface area contributed by atoms with Gasteiger partial charge in [-0.3, -0.25) is 14.9 Å². The molecule has 0 atom stereocenters. The third-order valence-corrected chi connectivity index (χ3v) is 3.93. The van der Waals surface area contributed by atoms with Crippen molar-refractivity contribution in [1.82, 2.24) is 0 Å². The molecule has 25 heavy (non-hydrogen) atoms. The maximum Gasteiger partial charge on any atom is 0.338 e. The van der Waals surface area contributed by atoms with Crippen LogP contribution in [0.5, 0.6) is 0 Å². The van der Waals surface area contributed by atoms with Crippen LogP contribution >= 0.6 is 0 Å². The first kappa shape index (κ1) is 18.3. The molecule has 2 rings (SSSR count). The molecule has 6 nitrogen and oxygen atoms in total. The highest BCUT2D eigenvalue weighted by atomic mass is 16.6. The van der Waals surface area contributed by atoms with E-state index < -0.39 is 17.5 Å². The molecular formula is C19H19NO5. The Morgan fingerprint density at radius 1 is 1.00 bits per heavy atom. The third-order valence-electron chi connectivity index (χ3n) is 3.93. The van der Waals surface area contributed by atoms with Crippen LogP contribution in [-0.2, 0) is 4.74 Å². The average Bonchev–Trinajstić information content (AvgIpc) is 2.51. The first-order chi connectivity index (χ1) is 11.7. The zero-order chi connectivity index (χ0) is 18.7. The number of carbonyl (C=O) groups is 2. The van der Waals surface area contributed by atoms with E-state index in [2.05, 4.69) is 0 Å². The van der Waals surface area contributed by atoms with Gasteiger partial charge in [-0.2, -0.15) is 0 Å². The lowest BCUT2D eigenvalue weighted by Crippen LogP contribution is -2.16. The van der Waals surface area contributed by atoms with Crippen molar-refractivity contribution in [1.29, 1.82) is 0 Å². The van der Waals surface area contributed by atoms with Gasteiger partial charge in [0.1, 0.15) is 0 Å². The van der Waals surface area contributed by atoms with Crippen molar-refractivity contribution in [2.75, 3.05) is 6.61 Å². The Balaban J connectivity index is 2.14. The number of rotatable bonds is 5. The van der Waals surface area contributed by atoms with Gasteiger partial charge in [-0.1, -0.05) is 23.8 Å². The summed E-state index contributed by atoms with van der Waals surface area (Å²) in [7, 11) is 0. The number of ether oxygens (including phenoxy) is 1. The molecule has 2 aromatic carbocycles. The van der Waals surface area contributed by atoms with Crippen molar-refractivity contribution in [3.63, 3.8) is 0 Å². The molecule has 0 N–H and O–H groups in total. The van der Waals surface area contributed by atoms with Gasteiger partial charge in [0.05, 0.1) is 10.5 Å². The molecule has 0 bridgehead atoms. The van der Waals surface area contributed by atoms with Gasteiger partial charge in [0.2, 0.25) is 5.78 Å². The first-order valence-electron chi connectivity index (χ1n) is 7.74. The standard InChI is InChI=1S/C19H19NO5/c1-11-7-13(3)18(14(4)8-11)17(21)10-25-19(22)15-6-5-12(2)16(9-15)20(23)24/h5-9H,10H2,1-4H3. The Labute approximate surface area is 145 Å². The predicted octanol–water partition coefficient (Wildman–Crippen LogP) is 3.87. The minimum absolute atomic E-state index is 0.0439. The smallest absolute Gasteiger partial charge is 0.338 e. The molecule has 2 aromatic rings. The minimum atomic E-state index is -0.765. The van der Waals surface area contributed by atoms with Crippen LogP contribution in [0.3, 0.4) is 0 Å². The number of hydrogen-bond donors (Lipinski definition) is 0. The molecule has 0 spiro atoms. The fourth-order valence-corrected chi connectivity index (χ4v) is 2.84. The second kappa shape index (κ2) is 7.25. The molecule has 0 saturated heterocycles. The van der Waals surface area contributed by atoms with E-state index in [-0.39, 0.29) is 17.0 Å². The second-order valence-electron chi connectivity index (χ2n) is 6.03. The number of nitro benzene ring substituents is 1. The minimum Gasteiger partial charge on any atom is -0.454 e. The molecule has 0 aliphatic rings. The van der Waals surface area contributed by atoms with Crippen LogP contribution < -0.4 is 0 Å². The van der Waals surface area contributed by atoms with E-state index in [1.165, 1.54) is 12.1 Å². The molecule has 0 saturated carbocycles. The molecule has 0 aromatic heterocycles. The molecule has 0 amide bonds. The van der Waals surface area contributed by atoms with Crippen LogP contribution in [0.4, 0.5) is 5.69 Å². The van der Waals surface area contributed by atoms with Gasteiger partial charge < -0.3 is 4.74 Å². The van der Waals surface area contributed by atoms with Gasteiger partial charge in [-0.25, -0.2) is 4.79 Å². The Morgan fingerprint density at radius 2 is 1.60 bits per heavy atom. The van der Waals surface area contributed by atoms with E-state index in [4.69, 9.17) is 4.74 Å². The van der Waals surface area contributed by atoms with Gasteiger partial charge in [-0.15, -0.1) is 0 Å². The molecule has 0 heterocycles. The van der Waals surface area contributed by atoms with Crippen LogP contribution in [0.1, 0.15) is 43.0 Å². The Kier molecular flexibility index (Phi) is 5.32. The fourth-order valence-electron chi connectivity index (χ4n) is 2.84. The zero-order valence-corrected chi connectivity index (χ0v) is 14.6. The average molecular weight is 341 g/mol. The van der Waals surface area contributed by atoms with Crippen molar-refractivity contribution < 1.29 is 19.2 Å². The summed E-state index contributed by atoms with van der Waals surface area (Å²) in [4.78, 5) is 34.9. The van der Waals surface area contributed by atoms with E-state index in [1.54, 1.807) is 6.92 Å². The Hall–Kier alpha value is -3.02. The Bertz CT molecular complexity index is 847. The molecule has 0 radical (unpaired) electrons. The van der Waals surface area contributed by atoms with Crippen molar-refractivity contribution in [3.8, 4) is 0 Å². The van der Waals surface area contributed by atoms with Crippen LogP contribution in [0.2, 0.25) is 0 Å². The molecule has 6 heteroatoms. The molecule has 130 valence electrons. The van der Waals surface area contributed by atoms with Gasteiger partial charge >= 0.3 is 5.97 Å². The number of aryl methyl sites for hydroxylation is 4. The fraction of sp³-hybridized carbons (Fsp3) is 0.263. The summed E-state index contributed by atoms with van der Waals surface area (Å²) in [6, 6.07) is 7.86. The predicted molar refractivity (Wildman–Crippen MR) is 93.1 cm³/mol. The van der Waals surface area contributed by atoms with E-state index in [9.17, 15) is 19.7 Å². The number of benzene rings is 2. The third kappa shape index (κ3) is 4.09. The van der Waals surface area contributed by atoms with E-state index in [0.29, 0.717) is 11.1 Å². The highest BCUT2D eigenvalue weighted by Gasteiger charge is 2.18. The molecule has 0 unspecified atom stereocenters. The number of Topliss-reactive ketones (excluding diaryl/α,β-unsaturated/α-hetero) is 1. The number of nitro groups is 1. The normalized spacial score (nSPS) is 10.4. The van der Waals surface area contributed by atoms with Crippen LogP contribution in [0.25, 0.3) is 0 Å². The second-order valence-corrected chi connectivity index (χ2v) is 6.03. The van der Waals surface area contributed by atoms with Crippen molar-refractivity contribution in [2.45, 2.75) is 27.7 Å². The van der Waals surface area contributed by atoms with Crippen molar-refractivity contribution in [2.24, 2.45) is 0 Å². The van der Waals surface area contributed by atoms with Gasteiger partial charge in [0.25, 0.3) is 5.69 Å². The summed E-state index contributed by atoms with van der Waals surface area (Å²) in [6.45, 7) is 6.78. The van der Waals surface area contributed by atoms with E-state index in [1.807, 2.05) is 32.9 Å². The number of hydrogen-bond acceptors (Lipinski definition) is 5. The van der Waals surface area contributed by atoms with Gasteiger partial charge in [-0.05, 0) is 44.9 Å². The maximum atomic E-state index is 12.4. The van der Waals surface area contributed by atoms with Crippen LogP contribution in [0.15, 0.2) is 30.3 Å². The maximum absolute atomic E-state index is 12.4. The largest absolute Gasteiger partial charge is 0.454 e. The lowest BCUT2D eigenvalue weighted by molar-refractivity contribution is -0.385. The number of carbonyl (C=O) groups excluding carboxylic acids is 2. The monoisotopic (exact) mass is 341 g/mol. The SMILES string of the molecule is Cc1cc(C)c(C(=O)COC(=O)c2ccc(C)c([N+](=O)[O-])c2)c(C)c1. The summed E-state index contributed by atoms with van der Waals surface area (Å²) >= 11 is 0. The molecule has 0 aliphatic heterocycles. The van der Waals surface area contributed by atoms with Crippen molar-refractivity contribution >= 4 is 17.4 Å². The van der Waals surface area contributed by atoms with Crippen molar-refractivity contribution in [3.05, 3.63) is 73.8 Å². The number of esters is 1. The van der Waals surface area contributed by atoms with Gasteiger partial charge in [0, 0.05) is 17.2 Å².